The van der Waals surface area contributed by atoms with E-state index in [1.54, 1.807) is 0 Å². The number of allylic oxidation sites excluding steroid dienone is 2. The fourth-order valence-corrected chi connectivity index (χ4v) is 1.89. The van der Waals surface area contributed by atoms with Crippen LogP contribution in [0.5, 0.6) is 0 Å². The van der Waals surface area contributed by atoms with Crippen molar-refractivity contribution in [2.45, 2.75) is 45.6 Å². The van der Waals surface area contributed by atoms with Crippen LogP contribution in [0.2, 0.25) is 0 Å². The molecular formula is C15H25NO3. The van der Waals surface area contributed by atoms with Crippen LogP contribution in [-0.4, -0.2) is 24.5 Å². The highest BCUT2D eigenvalue weighted by molar-refractivity contribution is 5.85. The monoisotopic (exact) mass is 267 g/mol. The van der Waals surface area contributed by atoms with E-state index in [1.165, 1.54) is 0 Å². The molecule has 1 saturated heterocycles. The van der Waals surface area contributed by atoms with Crippen molar-refractivity contribution in [1.82, 2.24) is 5.32 Å². The highest BCUT2D eigenvalue weighted by atomic mass is 16.5. The number of ether oxygens (including phenoxy) is 1. The van der Waals surface area contributed by atoms with Gasteiger partial charge in [0.25, 0.3) is 6.47 Å². The molecule has 0 spiro atoms. The normalized spacial score (nSPS) is 16.7. The van der Waals surface area contributed by atoms with Gasteiger partial charge in [-0.1, -0.05) is 12.2 Å². The predicted molar refractivity (Wildman–Crippen MR) is 76.6 cm³/mol. The van der Waals surface area contributed by atoms with Gasteiger partial charge in [0, 0.05) is 6.54 Å². The van der Waals surface area contributed by atoms with Gasteiger partial charge in [0.1, 0.15) is 5.60 Å². The van der Waals surface area contributed by atoms with E-state index in [1.807, 2.05) is 32.9 Å². The molecule has 0 unspecified atom stereocenters. The lowest BCUT2D eigenvalue weighted by Gasteiger charge is -2.22. The Labute approximate surface area is 115 Å². The number of carbonyl (C=O) groups is 2. The highest BCUT2D eigenvalue weighted by Crippen LogP contribution is 2.35. The summed E-state index contributed by atoms with van der Waals surface area (Å²) in [5.41, 5.74) is -0.550. The van der Waals surface area contributed by atoms with Crippen LogP contribution in [-0.2, 0) is 14.3 Å². The molecule has 0 aromatic rings. The molecule has 1 heterocycles. The molecule has 4 nitrogen and oxygen atoms in total. The van der Waals surface area contributed by atoms with Crippen LogP contribution in [0.15, 0.2) is 25.3 Å². The molecular weight excluding hydrogens is 242 g/mol. The molecule has 0 aliphatic carbocycles. The van der Waals surface area contributed by atoms with Crippen LogP contribution < -0.4 is 5.32 Å². The highest BCUT2D eigenvalue weighted by Gasteiger charge is 2.39. The van der Waals surface area contributed by atoms with Crippen LogP contribution in [0.25, 0.3) is 0 Å². The zero-order chi connectivity index (χ0) is 14.9. The van der Waals surface area contributed by atoms with E-state index in [-0.39, 0.29) is 16.9 Å². The summed E-state index contributed by atoms with van der Waals surface area (Å²) < 4.78 is 4.55. The van der Waals surface area contributed by atoms with Crippen LogP contribution in [0, 0.1) is 5.41 Å². The molecule has 0 atom stereocenters. The zero-order valence-electron chi connectivity index (χ0n) is 12.2. The van der Waals surface area contributed by atoms with Crippen molar-refractivity contribution >= 4 is 12.4 Å². The molecule has 19 heavy (non-hydrogen) atoms. The molecule has 108 valence electrons. The van der Waals surface area contributed by atoms with Crippen LogP contribution >= 0.6 is 0 Å². The van der Waals surface area contributed by atoms with Crippen molar-refractivity contribution in [3.05, 3.63) is 25.3 Å². The molecule has 0 aromatic heterocycles. The van der Waals surface area contributed by atoms with Gasteiger partial charge in [-0.3, -0.25) is 9.59 Å². The quantitative estimate of drug-likeness (QED) is 0.615. The Hall–Kier alpha value is -1.58. The Kier molecular flexibility index (Phi) is 7.12. The van der Waals surface area contributed by atoms with Gasteiger partial charge >= 0.3 is 0 Å². The van der Waals surface area contributed by atoms with Crippen molar-refractivity contribution in [2.24, 2.45) is 5.41 Å². The first-order chi connectivity index (χ1) is 8.81. The third kappa shape index (κ3) is 6.22. The number of nitrogens with one attached hydrogen (secondary N) is 1. The number of hydrogen-bond donors (Lipinski definition) is 1. The van der Waals surface area contributed by atoms with E-state index >= 15 is 0 Å². The van der Waals surface area contributed by atoms with Gasteiger partial charge in [0.2, 0.25) is 5.91 Å². The molecule has 1 fully saturated rings. The van der Waals surface area contributed by atoms with Gasteiger partial charge in [-0.15, -0.1) is 13.2 Å². The molecule has 1 amide bonds. The van der Waals surface area contributed by atoms with E-state index in [0.29, 0.717) is 6.47 Å². The number of hydrogen-bond acceptors (Lipinski definition) is 3. The number of rotatable bonds is 5. The first-order valence-electron chi connectivity index (χ1n) is 6.43. The second kappa shape index (κ2) is 7.77. The summed E-state index contributed by atoms with van der Waals surface area (Å²) in [6.07, 6.45) is 6.04. The number of amides is 1. The maximum Gasteiger partial charge on any atom is 0.293 e. The Morgan fingerprint density at radius 1 is 1.32 bits per heavy atom. The van der Waals surface area contributed by atoms with E-state index < -0.39 is 0 Å². The smallest absolute Gasteiger partial charge is 0.293 e. The molecule has 0 aromatic carbocycles. The minimum atomic E-state index is -0.318. The van der Waals surface area contributed by atoms with Crippen molar-refractivity contribution in [1.29, 1.82) is 0 Å². The average molecular weight is 267 g/mol. The Morgan fingerprint density at radius 2 is 1.84 bits per heavy atom. The molecule has 0 bridgehead atoms. The van der Waals surface area contributed by atoms with Gasteiger partial charge in [-0.25, -0.2) is 0 Å². The second-order valence-electron chi connectivity index (χ2n) is 5.60. The standard InChI is InChI=1S/C10H15NO.C5H10O2/c1-3-5-10(6-4-2)7-8-11-9(10)12;1-5(2,3)7-4-6/h3-4H,1-2,5-8H2,(H,11,12);4H,1-3H3. The lowest BCUT2D eigenvalue weighted by molar-refractivity contribution is -0.138. The van der Waals surface area contributed by atoms with Crippen LogP contribution in [0.1, 0.15) is 40.0 Å². The fourth-order valence-electron chi connectivity index (χ4n) is 1.89. The summed E-state index contributed by atoms with van der Waals surface area (Å²) >= 11 is 0. The maximum atomic E-state index is 11.5. The van der Waals surface area contributed by atoms with Gasteiger partial charge < -0.3 is 10.1 Å². The van der Waals surface area contributed by atoms with Gasteiger partial charge in [-0.2, -0.15) is 0 Å². The SMILES string of the molecule is C=CCC1(CC=C)CCNC1=O.CC(C)(C)OC=O. The maximum absolute atomic E-state index is 11.5. The van der Waals surface area contributed by atoms with Crippen molar-refractivity contribution in [2.75, 3.05) is 6.54 Å². The third-order valence-electron chi connectivity index (χ3n) is 2.84. The Bertz CT molecular complexity index is 319. The van der Waals surface area contributed by atoms with E-state index in [0.717, 1.165) is 25.8 Å². The van der Waals surface area contributed by atoms with Crippen molar-refractivity contribution in [3.8, 4) is 0 Å². The molecule has 1 rings (SSSR count). The lowest BCUT2D eigenvalue weighted by atomic mass is 9.80. The second-order valence-corrected chi connectivity index (χ2v) is 5.60. The summed E-state index contributed by atoms with van der Waals surface area (Å²) in [5, 5.41) is 2.85. The van der Waals surface area contributed by atoms with Crippen LogP contribution in [0.4, 0.5) is 0 Å². The average Bonchev–Trinajstić information content (AvgIpc) is 2.61. The van der Waals surface area contributed by atoms with Gasteiger partial charge in [-0.05, 0) is 40.0 Å². The minimum absolute atomic E-state index is 0.155. The first kappa shape index (κ1) is 17.4. The van der Waals surface area contributed by atoms with Gasteiger partial charge in [0.15, 0.2) is 0 Å². The topological polar surface area (TPSA) is 55.4 Å². The fraction of sp³-hybridized carbons (Fsp3) is 0.600. The summed E-state index contributed by atoms with van der Waals surface area (Å²) in [5.74, 6) is 0.155. The van der Waals surface area contributed by atoms with Gasteiger partial charge in [0.05, 0.1) is 5.41 Å². The van der Waals surface area contributed by atoms with E-state index in [2.05, 4.69) is 23.2 Å². The lowest BCUT2D eigenvalue weighted by Crippen LogP contribution is -2.30. The molecule has 1 N–H and O–H groups in total. The molecule has 0 radical (unpaired) electrons. The molecule has 1 aliphatic rings. The summed E-state index contributed by atoms with van der Waals surface area (Å²) in [6.45, 7) is 14.1. The largest absolute Gasteiger partial charge is 0.462 e. The summed E-state index contributed by atoms with van der Waals surface area (Å²) in [7, 11) is 0. The minimum Gasteiger partial charge on any atom is -0.462 e. The molecule has 1 aliphatic heterocycles. The Balaban J connectivity index is 0.000000399. The number of carbonyl (C=O) groups excluding carboxylic acids is 2. The van der Waals surface area contributed by atoms with Crippen molar-refractivity contribution in [3.63, 3.8) is 0 Å². The zero-order valence-corrected chi connectivity index (χ0v) is 12.2. The summed E-state index contributed by atoms with van der Waals surface area (Å²) in [4.78, 5) is 21.1. The third-order valence-corrected chi connectivity index (χ3v) is 2.84. The van der Waals surface area contributed by atoms with E-state index in [4.69, 9.17) is 0 Å². The van der Waals surface area contributed by atoms with Crippen molar-refractivity contribution < 1.29 is 14.3 Å². The summed E-state index contributed by atoms with van der Waals surface area (Å²) in [6, 6.07) is 0. The molecule has 0 saturated carbocycles. The first-order valence-corrected chi connectivity index (χ1v) is 6.43. The Morgan fingerprint density at radius 3 is 2.05 bits per heavy atom. The molecule has 4 heteroatoms. The predicted octanol–water partition coefficient (Wildman–Crippen LogP) is 2.60. The van der Waals surface area contributed by atoms with Crippen LogP contribution in [0.3, 0.4) is 0 Å². The van der Waals surface area contributed by atoms with E-state index in [9.17, 15) is 9.59 Å².